The molecule has 0 aromatic carbocycles. The van der Waals surface area contributed by atoms with E-state index >= 15 is 0 Å². The summed E-state index contributed by atoms with van der Waals surface area (Å²) in [6.07, 6.45) is 4.98. The minimum absolute atomic E-state index is 0.195. The number of rotatable bonds is 4. The van der Waals surface area contributed by atoms with Gasteiger partial charge in [0.25, 0.3) is 0 Å². The number of carbonyl (C=O) groups is 1. The van der Waals surface area contributed by atoms with Gasteiger partial charge in [0.1, 0.15) is 0 Å². The van der Waals surface area contributed by atoms with Gasteiger partial charge in [0.2, 0.25) is 5.91 Å². The summed E-state index contributed by atoms with van der Waals surface area (Å²) in [6, 6.07) is 0.592. The number of piperidine rings is 1. The number of aliphatic hydroxyl groups excluding tert-OH is 1. The average molecular weight is 240 g/mol. The van der Waals surface area contributed by atoms with Gasteiger partial charge >= 0.3 is 0 Å². The summed E-state index contributed by atoms with van der Waals surface area (Å²) in [7, 11) is 0. The molecule has 3 unspecified atom stereocenters. The van der Waals surface area contributed by atoms with Gasteiger partial charge in [-0.05, 0) is 44.6 Å². The zero-order valence-electron chi connectivity index (χ0n) is 10.6. The third-order valence-corrected chi connectivity index (χ3v) is 4.25. The first-order valence-corrected chi connectivity index (χ1v) is 6.81. The highest BCUT2D eigenvalue weighted by molar-refractivity contribution is 5.77. The molecule has 0 aliphatic carbocycles. The number of carbonyl (C=O) groups excluding carboxylic acids is 1. The zero-order valence-corrected chi connectivity index (χ0v) is 10.6. The maximum atomic E-state index is 12.2. The summed E-state index contributed by atoms with van der Waals surface area (Å²) in [5, 5.41) is 9.69. The molecule has 2 aliphatic rings. The lowest BCUT2D eigenvalue weighted by Crippen LogP contribution is -2.48. The van der Waals surface area contributed by atoms with Crippen molar-refractivity contribution in [3.63, 3.8) is 0 Å². The molecule has 2 rings (SSSR count). The van der Waals surface area contributed by atoms with E-state index < -0.39 is 0 Å². The predicted octanol–water partition coefficient (Wildman–Crippen LogP) is 0.876. The molecule has 0 radical (unpaired) electrons. The lowest BCUT2D eigenvalue weighted by molar-refractivity contribution is -0.137. The molecule has 3 atom stereocenters. The van der Waals surface area contributed by atoms with E-state index in [1.165, 1.54) is 0 Å². The van der Waals surface area contributed by atoms with Crippen LogP contribution in [0, 0.1) is 5.92 Å². The van der Waals surface area contributed by atoms with Crippen LogP contribution in [0.3, 0.4) is 0 Å². The van der Waals surface area contributed by atoms with Gasteiger partial charge in [-0.1, -0.05) is 6.92 Å². The highest BCUT2D eigenvalue weighted by Gasteiger charge is 2.42. The standard InChI is InChI=1S/C13H24N2O2/c1-9(8-14)2-5-13(17)15-10-3-4-11(15)7-12(16)6-10/h9-12,16H,2-8,14H2,1H3. The van der Waals surface area contributed by atoms with E-state index in [4.69, 9.17) is 5.73 Å². The largest absolute Gasteiger partial charge is 0.393 e. The van der Waals surface area contributed by atoms with Crippen molar-refractivity contribution in [2.24, 2.45) is 11.7 Å². The molecule has 1 amide bonds. The Labute approximate surface area is 103 Å². The highest BCUT2D eigenvalue weighted by atomic mass is 16.3. The van der Waals surface area contributed by atoms with Gasteiger partial charge in [0.15, 0.2) is 0 Å². The molecular formula is C13H24N2O2. The third kappa shape index (κ3) is 2.80. The van der Waals surface area contributed by atoms with Crippen molar-refractivity contribution >= 4 is 5.91 Å². The van der Waals surface area contributed by atoms with E-state index in [9.17, 15) is 9.90 Å². The number of nitrogens with zero attached hydrogens (tertiary/aromatic N) is 1. The fourth-order valence-corrected chi connectivity index (χ4v) is 3.17. The molecule has 2 heterocycles. The maximum absolute atomic E-state index is 12.2. The van der Waals surface area contributed by atoms with Crippen LogP contribution in [0.5, 0.6) is 0 Å². The molecule has 17 heavy (non-hydrogen) atoms. The molecule has 2 fully saturated rings. The molecule has 2 bridgehead atoms. The summed E-state index contributed by atoms with van der Waals surface area (Å²) in [5.74, 6) is 0.691. The van der Waals surface area contributed by atoms with Crippen LogP contribution in [0.1, 0.15) is 45.4 Å². The first kappa shape index (κ1) is 12.8. The molecule has 3 N–H and O–H groups in total. The van der Waals surface area contributed by atoms with Crippen LogP contribution in [0.25, 0.3) is 0 Å². The number of amides is 1. The second-order valence-corrected chi connectivity index (χ2v) is 5.69. The van der Waals surface area contributed by atoms with Crippen LogP contribution in [0.15, 0.2) is 0 Å². The summed E-state index contributed by atoms with van der Waals surface area (Å²) in [4.78, 5) is 14.2. The molecule has 0 saturated carbocycles. The van der Waals surface area contributed by atoms with E-state index in [1.54, 1.807) is 0 Å². The average Bonchev–Trinajstić information content (AvgIpc) is 2.58. The minimum Gasteiger partial charge on any atom is -0.393 e. The van der Waals surface area contributed by atoms with Crippen LogP contribution < -0.4 is 5.73 Å². The molecule has 0 spiro atoms. The zero-order chi connectivity index (χ0) is 12.4. The second kappa shape index (κ2) is 5.36. The minimum atomic E-state index is -0.195. The Hall–Kier alpha value is -0.610. The Morgan fingerprint density at radius 1 is 1.41 bits per heavy atom. The lowest BCUT2D eigenvalue weighted by atomic mass is 9.98. The Kier molecular flexibility index (Phi) is 4.05. The van der Waals surface area contributed by atoms with Crippen molar-refractivity contribution in [2.75, 3.05) is 6.54 Å². The van der Waals surface area contributed by atoms with Crippen LogP contribution in [0.4, 0.5) is 0 Å². The topological polar surface area (TPSA) is 66.6 Å². The smallest absolute Gasteiger partial charge is 0.223 e. The van der Waals surface area contributed by atoms with Gasteiger partial charge in [-0.25, -0.2) is 0 Å². The van der Waals surface area contributed by atoms with Gasteiger partial charge < -0.3 is 15.7 Å². The molecule has 0 aromatic heterocycles. The van der Waals surface area contributed by atoms with Gasteiger partial charge in [-0.3, -0.25) is 4.79 Å². The molecular weight excluding hydrogens is 216 g/mol. The fourth-order valence-electron chi connectivity index (χ4n) is 3.17. The Bertz CT molecular complexity index is 269. The van der Waals surface area contributed by atoms with E-state index in [-0.39, 0.29) is 12.0 Å². The van der Waals surface area contributed by atoms with Crippen LogP contribution >= 0.6 is 0 Å². The second-order valence-electron chi connectivity index (χ2n) is 5.69. The Morgan fingerprint density at radius 2 is 2.00 bits per heavy atom. The Balaban J connectivity index is 1.88. The first-order chi connectivity index (χ1) is 8.11. The van der Waals surface area contributed by atoms with Gasteiger partial charge in [-0.2, -0.15) is 0 Å². The van der Waals surface area contributed by atoms with Crippen molar-refractivity contribution < 1.29 is 9.90 Å². The predicted molar refractivity (Wildman–Crippen MR) is 66.3 cm³/mol. The molecule has 2 aliphatic heterocycles. The number of nitrogens with two attached hydrogens (primary N) is 1. The van der Waals surface area contributed by atoms with Gasteiger partial charge in [-0.15, -0.1) is 0 Å². The third-order valence-electron chi connectivity index (χ3n) is 4.25. The Morgan fingerprint density at radius 3 is 2.53 bits per heavy atom. The van der Waals surface area contributed by atoms with Crippen molar-refractivity contribution in [3.8, 4) is 0 Å². The van der Waals surface area contributed by atoms with Crippen LogP contribution in [-0.4, -0.2) is 40.6 Å². The first-order valence-electron chi connectivity index (χ1n) is 6.81. The molecule has 98 valence electrons. The summed E-state index contributed by atoms with van der Waals surface area (Å²) < 4.78 is 0. The quantitative estimate of drug-likeness (QED) is 0.766. The van der Waals surface area contributed by atoms with Crippen molar-refractivity contribution in [1.29, 1.82) is 0 Å². The van der Waals surface area contributed by atoms with Gasteiger partial charge in [0, 0.05) is 18.5 Å². The van der Waals surface area contributed by atoms with E-state index in [0.29, 0.717) is 31.0 Å². The monoisotopic (exact) mass is 240 g/mol. The van der Waals surface area contributed by atoms with Crippen molar-refractivity contribution in [3.05, 3.63) is 0 Å². The molecule has 4 nitrogen and oxygen atoms in total. The van der Waals surface area contributed by atoms with E-state index in [2.05, 4.69) is 11.8 Å². The van der Waals surface area contributed by atoms with E-state index in [0.717, 1.165) is 32.1 Å². The molecule has 2 saturated heterocycles. The SMILES string of the molecule is CC(CN)CCC(=O)N1C2CCC1CC(O)C2. The van der Waals surface area contributed by atoms with Crippen LogP contribution in [-0.2, 0) is 4.79 Å². The highest BCUT2D eigenvalue weighted by Crippen LogP contribution is 2.36. The van der Waals surface area contributed by atoms with Crippen molar-refractivity contribution in [2.45, 2.75) is 63.6 Å². The lowest BCUT2D eigenvalue weighted by Gasteiger charge is -2.37. The number of hydrogen-bond acceptors (Lipinski definition) is 3. The number of aliphatic hydroxyl groups is 1. The summed E-state index contributed by atoms with van der Waals surface area (Å²) >= 11 is 0. The van der Waals surface area contributed by atoms with E-state index in [1.807, 2.05) is 0 Å². The number of hydrogen-bond donors (Lipinski definition) is 2. The molecule has 0 aromatic rings. The number of fused-ring (bicyclic) bond motifs is 2. The maximum Gasteiger partial charge on any atom is 0.223 e. The summed E-state index contributed by atoms with van der Waals surface area (Å²) in [6.45, 7) is 2.74. The summed E-state index contributed by atoms with van der Waals surface area (Å²) in [5.41, 5.74) is 5.56. The van der Waals surface area contributed by atoms with Gasteiger partial charge in [0.05, 0.1) is 6.10 Å². The normalized spacial score (nSPS) is 33.8. The molecule has 4 heteroatoms. The van der Waals surface area contributed by atoms with Crippen LogP contribution in [0.2, 0.25) is 0 Å². The fraction of sp³-hybridized carbons (Fsp3) is 0.923. The van der Waals surface area contributed by atoms with Crippen molar-refractivity contribution in [1.82, 2.24) is 4.90 Å².